The van der Waals surface area contributed by atoms with Crippen LogP contribution in [0.4, 0.5) is 17.1 Å². The van der Waals surface area contributed by atoms with Gasteiger partial charge in [0.1, 0.15) is 0 Å². The van der Waals surface area contributed by atoms with Crippen molar-refractivity contribution < 1.29 is 25.5 Å². The summed E-state index contributed by atoms with van der Waals surface area (Å²) < 4.78 is 69.3. The Balaban J connectivity index is 3.08. The van der Waals surface area contributed by atoms with Crippen molar-refractivity contribution in [2.45, 2.75) is 6.18 Å². The van der Waals surface area contributed by atoms with Crippen LogP contribution in [-0.2, 0) is 16.4 Å². The first-order valence-electron chi connectivity index (χ1n) is 4.09. The largest absolute Gasteiger partial charge is 0.416 e. The molecule has 8 heteroatoms. The number of alkyl halides is 3. The van der Waals surface area contributed by atoms with E-state index >= 15 is 0 Å². The van der Waals surface area contributed by atoms with Gasteiger partial charge in [-0.15, -0.1) is 3.89 Å². The van der Waals surface area contributed by atoms with Gasteiger partial charge in [-0.1, -0.05) is 23.7 Å². The molecule has 0 spiro atoms. The molecule has 1 rings (SSSR count). The fourth-order valence-corrected chi connectivity index (χ4v) is 1.84. The molecule has 0 heterocycles. The molecular weight excluding hydrogens is 284 g/mol. The third kappa shape index (κ3) is 4.35. The van der Waals surface area contributed by atoms with Crippen LogP contribution in [0, 0.1) is 0 Å². The van der Waals surface area contributed by atoms with E-state index in [-0.39, 0.29) is 11.0 Å². The molecular formula is C9H5ClF4O2S. The van der Waals surface area contributed by atoms with Crippen molar-refractivity contribution in [3.63, 3.8) is 0 Å². The molecule has 0 atom stereocenters. The maximum atomic E-state index is 12.2. The molecule has 0 saturated heterocycles. The molecule has 0 aliphatic carbocycles. The molecule has 0 unspecified atom stereocenters. The van der Waals surface area contributed by atoms with Gasteiger partial charge in [0, 0.05) is 0 Å². The highest BCUT2D eigenvalue weighted by atomic mass is 35.5. The Morgan fingerprint density at radius 1 is 1.18 bits per heavy atom. The van der Waals surface area contributed by atoms with Crippen molar-refractivity contribution >= 4 is 26.9 Å². The lowest BCUT2D eigenvalue weighted by Gasteiger charge is -2.06. The summed E-state index contributed by atoms with van der Waals surface area (Å²) in [5, 5.41) is -0.377. The van der Waals surface area contributed by atoms with Crippen molar-refractivity contribution in [1.82, 2.24) is 0 Å². The van der Waals surface area contributed by atoms with Gasteiger partial charge in [-0.25, -0.2) is 0 Å². The molecule has 1 aromatic rings. The number of rotatable bonds is 2. The molecule has 0 N–H and O–H groups in total. The fourth-order valence-electron chi connectivity index (χ4n) is 1.01. The summed E-state index contributed by atoms with van der Waals surface area (Å²) in [6.45, 7) is 0. The first-order valence-corrected chi connectivity index (χ1v) is 5.91. The van der Waals surface area contributed by atoms with Crippen LogP contribution in [0.3, 0.4) is 0 Å². The Morgan fingerprint density at radius 2 is 1.65 bits per heavy atom. The quantitative estimate of drug-likeness (QED) is 0.616. The highest BCUT2D eigenvalue weighted by Gasteiger charge is 2.30. The lowest BCUT2D eigenvalue weighted by Crippen LogP contribution is -2.04. The van der Waals surface area contributed by atoms with E-state index in [1.165, 1.54) is 0 Å². The highest BCUT2D eigenvalue weighted by molar-refractivity contribution is 7.89. The first-order chi connectivity index (χ1) is 7.59. The van der Waals surface area contributed by atoms with E-state index in [2.05, 4.69) is 0 Å². The van der Waals surface area contributed by atoms with Gasteiger partial charge in [0.25, 0.3) is 0 Å². The van der Waals surface area contributed by atoms with Crippen molar-refractivity contribution in [3.05, 3.63) is 40.8 Å². The first kappa shape index (κ1) is 14.0. The molecule has 0 aliphatic rings. The molecule has 0 aromatic heterocycles. The fraction of sp³-hybridized carbons (Fsp3) is 0.111. The van der Waals surface area contributed by atoms with Crippen LogP contribution < -0.4 is 0 Å². The molecule has 0 saturated carbocycles. The van der Waals surface area contributed by atoms with Gasteiger partial charge in [0.15, 0.2) is 0 Å². The summed E-state index contributed by atoms with van der Waals surface area (Å²) in [7, 11) is -4.93. The van der Waals surface area contributed by atoms with E-state index in [0.717, 1.165) is 24.3 Å². The van der Waals surface area contributed by atoms with Crippen LogP contribution in [0.2, 0.25) is 0 Å². The molecule has 1 aromatic carbocycles. The SMILES string of the molecule is O=S(=O)(F)/C=C(/Cl)c1ccc(C(F)(F)F)cc1. The van der Waals surface area contributed by atoms with E-state index in [9.17, 15) is 25.5 Å². The lowest BCUT2D eigenvalue weighted by molar-refractivity contribution is -0.137. The van der Waals surface area contributed by atoms with E-state index in [4.69, 9.17) is 11.6 Å². The third-order valence-electron chi connectivity index (χ3n) is 1.73. The average Bonchev–Trinajstić information content (AvgIpc) is 2.14. The molecule has 2 nitrogen and oxygen atoms in total. The number of halogens is 5. The van der Waals surface area contributed by atoms with Crippen molar-refractivity contribution in [2.24, 2.45) is 0 Å². The zero-order valence-corrected chi connectivity index (χ0v) is 9.57. The minimum atomic E-state index is -4.93. The summed E-state index contributed by atoms with van der Waals surface area (Å²) in [5.74, 6) is 0. The maximum Gasteiger partial charge on any atom is 0.416 e. The van der Waals surface area contributed by atoms with Gasteiger partial charge in [0.05, 0.1) is 16.0 Å². The lowest BCUT2D eigenvalue weighted by atomic mass is 10.1. The zero-order chi connectivity index (χ0) is 13.3. The Kier molecular flexibility index (Phi) is 3.83. The summed E-state index contributed by atoms with van der Waals surface area (Å²) in [6, 6.07) is 3.34. The zero-order valence-electron chi connectivity index (χ0n) is 8.00. The Bertz CT molecular complexity index is 531. The van der Waals surface area contributed by atoms with Gasteiger partial charge in [-0.2, -0.15) is 21.6 Å². The van der Waals surface area contributed by atoms with Crippen LogP contribution in [0.25, 0.3) is 5.03 Å². The summed E-state index contributed by atoms with van der Waals surface area (Å²) in [5.41, 5.74) is -0.935. The van der Waals surface area contributed by atoms with E-state index in [1.54, 1.807) is 0 Å². The predicted molar refractivity (Wildman–Crippen MR) is 55.3 cm³/mol. The standard InChI is InChI=1S/C9H5ClF4O2S/c10-8(5-17(14,15)16)6-1-3-7(4-2-6)9(11,12)13/h1-5H/b8-5+. The third-order valence-corrected chi connectivity index (χ3v) is 2.71. The maximum absolute atomic E-state index is 12.2. The van der Waals surface area contributed by atoms with Gasteiger partial charge in [-0.3, -0.25) is 0 Å². The molecule has 0 radical (unpaired) electrons. The molecule has 17 heavy (non-hydrogen) atoms. The van der Waals surface area contributed by atoms with Crippen LogP contribution in [0.5, 0.6) is 0 Å². The highest BCUT2D eigenvalue weighted by Crippen LogP contribution is 2.30. The molecule has 0 bridgehead atoms. The Morgan fingerprint density at radius 3 is 2.00 bits per heavy atom. The van der Waals surface area contributed by atoms with Crippen LogP contribution in [0.15, 0.2) is 29.7 Å². The molecule has 0 amide bonds. The second-order valence-electron chi connectivity index (χ2n) is 3.02. The minimum Gasteiger partial charge on any atom is -0.190 e. The van der Waals surface area contributed by atoms with Crippen molar-refractivity contribution in [3.8, 4) is 0 Å². The van der Waals surface area contributed by atoms with Crippen LogP contribution in [-0.4, -0.2) is 8.42 Å². The van der Waals surface area contributed by atoms with E-state index < -0.39 is 27.0 Å². The van der Waals surface area contributed by atoms with Gasteiger partial charge >= 0.3 is 16.4 Å². The predicted octanol–water partition coefficient (Wildman–Crippen LogP) is 3.54. The number of benzene rings is 1. The summed E-state index contributed by atoms with van der Waals surface area (Å²) in [4.78, 5) is 0. The summed E-state index contributed by atoms with van der Waals surface area (Å²) >= 11 is 5.42. The normalized spacial score (nSPS) is 13.8. The number of hydrogen-bond acceptors (Lipinski definition) is 2. The Hall–Kier alpha value is -1.08. The Labute approximate surface area is 99.7 Å². The van der Waals surface area contributed by atoms with Gasteiger partial charge < -0.3 is 0 Å². The second kappa shape index (κ2) is 4.66. The van der Waals surface area contributed by atoms with Crippen LogP contribution >= 0.6 is 11.6 Å². The second-order valence-corrected chi connectivity index (χ2v) is 4.61. The van der Waals surface area contributed by atoms with Crippen LogP contribution in [0.1, 0.15) is 11.1 Å². The van der Waals surface area contributed by atoms with Crippen molar-refractivity contribution in [1.29, 1.82) is 0 Å². The number of hydrogen-bond donors (Lipinski definition) is 0. The average molecular weight is 289 g/mol. The van der Waals surface area contributed by atoms with Gasteiger partial charge in [0.2, 0.25) is 0 Å². The van der Waals surface area contributed by atoms with E-state index in [1.807, 2.05) is 0 Å². The molecule has 0 fully saturated rings. The smallest absolute Gasteiger partial charge is 0.190 e. The molecule has 94 valence electrons. The molecule has 0 aliphatic heterocycles. The topological polar surface area (TPSA) is 34.1 Å². The summed E-state index contributed by atoms with van der Waals surface area (Å²) in [6.07, 6.45) is -4.50. The van der Waals surface area contributed by atoms with Gasteiger partial charge in [-0.05, 0) is 17.7 Å². The monoisotopic (exact) mass is 288 g/mol. The van der Waals surface area contributed by atoms with Crippen molar-refractivity contribution in [2.75, 3.05) is 0 Å². The van der Waals surface area contributed by atoms with E-state index in [0.29, 0.717) is 0 Å². The minimum absolute atomic E-state index is 0.0270.